The summed E-state index contributed by atoms with van der Waals surface area (Å²) in [6, 6.07) is 30.8. The molecule has 0 saturated heterocycles. The second-order valence-corrected chi connectivity index (χ2v) is 23.6. The quantitative estimate of drug-likeness (QED) is 0.0429. The molecule has 62 heavy (non-hydrogen) atoms. The molecule has 4 aromatic rings. The SMILES string of the molecule is CCCCc1cccc(P(c2cccc(CCCC)c2CCCC)C(CCC)P(c2cccc(CCCC)c2CCCC)c2cccc(CCCC)c2CCCC)c1CCCC. The van der Waals surface area contributed by atoms with Crippen LogP contribution >= 0.6 is 15.8 Å². The van der Waals surface area contributed by atoms with Gasteiger partial charge in [0.15, 0.2) is 0 Å². The van der Waals surface area contributed by atoms with Crippen molar-refractivity contribution in [3.05, 3.63) is 117 Å². The van der Waals surface area contributed by atoms with E-state index in [2.05, 4.69) is 135 Å². The van der Waals surface area contributed by atoms with E-state index >= 15 is 0 Å². The highest BCUT2D eigenvalue weighted by Gasteiger charge is 2.38. The molecule has 342 valence electrons. The van der Waals surface area contributed by atoms with Crippen molar-refractivity contribution in [3.8, 4) is 0 Å². The number of aryl methyl sites for hydroxylation is 4. The number of hydrogen-bond donors (Lipinski definition) is 0. The lowest BCUT2D eigenvalue weighted by molar-refractivity contribution is 0.759. The molecule has 0 aliphatic heterocycles. The lowest BCUT2D eigenvalue weighted by Gasteiger charge is -2.40. The molecule has 2 heteroatoms. The number of benzene rings is 4. The lowest BCUT2D eigenvalue weighted by Crippen LogP contribution is -2.33. The van der Waals surface area contributed by atoms with Crippen molar-refractivity contribution in [3.63, 3.8) is 0 Å². The van der Waals surface area contributed by atoms with Crippen LogP contribution < -0.4 is 21.2 Å². The number of hydrogen-bond acceptors (Lipinski definition) is 0. The van der Waals surface area contributed by atoms with Gasteiger partial charge in [0.25, 0.3) is 0 Å². The van der Waals surface area contributed by atoms with Gasteiger partial charge in [-0.05, 0) is 191 Å². The summed E-state index contributed by atoms with van der Waals surface area (Å²) >= 11 is 0. The normalized spacial score (nSPS) is 11.8. The Hall–Kier alpha value is -2.26. The van der Waals surface area contributed by atoms with Crippen molar-refractivity contribution >= 4 is 37.1 Å². The van der Waals surface area contributed by atoms with E-state index in [0.717, 1.165) is 0 Å². The fourth-order valence-corrected chi connectivity index (χ4v) is 18.3. The zero-order valence-corrected chi connectivity index (χ0v) is 43.6. The van der Waals surface area contributed by atoms with Gasteiger partial charge in [-0.3, -0.25) is 0 Å². The van der Waals surface area contributed by atoms with E-state index in [1.54, 1.807) is 65.7 Å². The summed E-state index contributed by atoms with van der Waals surface area (Å²) in [5, 5.41) is 7.53. The van der Waals surface area contributed by atoms with E-state index in [1.807, 2.05) is 0 Å². The van der Waals surface area contributed by atoms with Crippen LogP contribution in [0.5, 0.6) is 0 Å². The number of unbranched alkanes of at least 4 members (excludes halogenated alkanes) is 8. The van der Waals surface area contributed by atoms with E-state index in [1.165, 1.54) is 167 Å². The van der Waals surface area contributed by atoms with E-state index in [0.29, 0.717) is 5.40 Å². The zero-order valence-electron chi connectivity index (χ0n) is 41.8. The van der Waals surface area contributed by atoms with Crippen molar-refractivity contribution in [1.29, 1.82) is 0 Å². The van der Waals surface area contributed by atoms with Crippen molar-refractivity contribution in [2.75, 3.05) is 0 Å². The molecule has 0 aliphatic rings. The minimum atomic E-state index is -0.707. The smallest absolute Gasteiger partial charge is 0.0155 e. The summed E-state index contributed by atoms with van der Waals surface area (Å²) < 4.78 is 0. The predicted octanol–water partition coefficient (Wildman–Crippen LogP) is 17.1. The van der Waals surface area contributed by atoms with Gasteiger partial charge in [-0.15, -0.1) is 0 Å². The predicted molar refractivity (Wildman–Crippen MR) is 286 cm³/mol. The van der Waals surface area contributed by atoms with Crippen molar-refractivity contribution in [2.24, 2.45) is 0 Å². The topological polar surface area (TPSA) is 0 Å². The standard InChI is InChI=1S/C60H92P2/c1-10-19-32-48-36-27-44-56(52(48)40-23-14-5)61(57-45-28-37-49(33-20-11-2)53(57)41-24-15-6)60(31-18-9)62(58-46-29-38-50(34-21-12-3)54(58)42-25-16-7)59-47-30-39-51(35-22-13-4)55(59)43-26-17-8/h27-30,36-39,44-47,60H,10-26,31-35,40-43H2,1-9H3. The van der Waals surface area contributed by atoms with E-state index < -0.39 is 15.8 Å². The average Bonchev–Trinajstić information content (AvgIpc) is 3.29. The third-order valence-electron chi connectivity index (χ3n) is 13.5. The molecule has 0 aromatic heterocycles. The first kappa shape index (κ1) is 52.4. The van der Waals surface area contributed by atoms with Crippen LogP contribution in [0.4, 0.5) is 0 Å². The minimum absolute atomic E-state index is 0.553. The highest BCUT2D eigenvalue weighted by Crippen LogP contribution is 2.60. The molecule has 0 fully saturated rings. The Kier molecular flexibility index (Phi) is 25.4. The largest absolute Gasteiger partial charge is 0.0654 e. The zero-order chi connectivity index (χ0) is 44.5. The first-order valence-electron chi connectivity index (χ1n) is 26.5. The maximum Gasteiger partial charge on any atom is 0.0155 e. The van der Waals surface area contributed by atoms with Gasteiger partial charge in [0.05, 0.1) is 0 Å². The molecule has 0 radical (unpaired) electrons. The molecule has 4 aromatic carbocycles. The summed E-state index contributed by atoms with van der Waals surface area (Å²) in [4.78, 5) is 0. The molecular formula is C60H92P2. The van der Waals surface area contributed by atoms with Crippen LogP contribution in [0.25, 0.3) is 0 Å². The summed E-state index contributed by atoms with van der Waals surface area (Å²) in [5.74, 6) is 0. The summed E-state index contributed by atoms with van der Waals surface area (Å²) in [7, 11) is -1.41. The van der Waals surface area contributed by atoms with E-state index in [4.69, 9.17) is 0 Å². The second-order valence-electron chi connectivity index (χ2n) is 18.5. The first-order valence-corrected chi connectivity index (χ1v) is 29.3. The maximum absolute atomic E-state index is 2.68. The lowest BCUT2D eigenvalue weighted by atomic mass is 9.97. The monoisotopic (exact) mass is 875 g/mol. The highest BCUT2D eigenvalue weighted by molar-refractivity contribution is 7.89. The van der Waals surface area contributed by atoms with Gasteiger partial charge in [-0.25, -0.2) is 0 Å². The Morgan fingerprint density at radius 2 is 0.516 bits per heavy atom. The summed E-state index contributed by atoms with van der Waals surface area (Å²) in [5.41, 5.74) is 13.5. The van der Waals surface area contributed by atoms with Gasteiger partial charge < -0.3 is 0 Å². The van der Waals surface area contributed by atoms with Gasteiger partial charge in [0, 0.05) is 5.40 Å². The van der Waals surface area contributed by atoms with Crippen LogP contribution in [-0.2, 0) is 51.4 Å². The Balaban J connectivity index is 2.28. The number of rotatable bonds is 32. The fraction of sp³-hybridized carbons (Fsp3) is 0.600. The van der Waals surface area contributed by atoms with E-state index in [9.17, 15) is 0 Å². The van der Waals surface area contributed by atoms with Crippen molar-refractivity contribution in [2.45, 2.75) is 235 Å². The van der Waals surface area contributed by atoms with Crippen LogP contribution in [0.1, 0.15) is 222 Å². The Bertz CT molecular complexity index is 1580. The molecule has 0 N–H and O–H groups in total. The molecule has 0 amide bonds. The Morgan fingerprint density at radius 1 is 0.290 bits per heavy atom. The molecule has 0 bridgehead atoms. The molecule has 4 rings (SSSR count). The van der Waals surface area contributed by atoms with Gasteiger partial charge >= 0.3 is 0 Å². The fourth-order valence-electron chi connectivity index (χ4n) is 9.90. The van der Waals surface area contributed by atoms with Crippen LogP contribution in [-0.4, -0.2) is 5.40 Å². The molecule has 0 atom stereocenters. The van der Waals surface area contributed by atoms with Crippen LogP contribution in [0, 0.1) is 0 Å². The van der Waals surface area contributed by atoms with Crippen LogP contribution in [0.15, 0.2) is 72.8 Å². The van der Waals surface area contributed by atoms with Crippen molar-refractivity contribution in [1.82, 2.24) is 0 Å². The Labute approximate surface area is 387 Å². The highest BCUT2D eigenvalue weighted by atomic mass is 31.2. The Morgan fingerprint density at radius 3 is 0.726 bits per heavy atom. The van der Waals surface area contributed by atoms with Crippen molar-refractivity contribution < 1.29 is 0 Å². The van der Waals surface area contributed by atoms with Gasteiger partial charge in [-0.1, -0.05) is 193 Å². The average molecular weight is 875 g/mol. The van der Waals surface area contributed by atoms with E-state index in [-0.39, 0.29) is 0 Å². The molecule has 0 unspecified atom stereocenters. The van der Waals surface area contributed by atoms with Gasteiger partial charge in [0.1, 0.15) is 0 Å². The molecular weight excluding hydrogens is 783 g/mol. The first-order chi connectivity index (χ1) is 30.5. The molecule has 0 spiro atoms. The second kappa shape index (κ2) is 30.0. The van der Waals surface area contributed by atoms with Gasteiger partial charge in [0.2, 0.25) is 0 Å². The van der Waals surface area contributed by atoms with Crippen LogP contribution in [0.2, 0.25) is 0 Å². The third kappa shape index (κ3) is 14.6. The molecule has 0 aliphatic carbocycles. The molecule has 0 heterocycles. The molecule has 0 saturated carbocycles. The third-order valence-corrected chi connectivity index (χ3v) is 20.3. The molecule has 0 nitrogen and oxygen atoms in total. The van der Waals surface area contributed by atoms with Crippen LogP contribution in [0.3, 0.4) is 0 Å². The van der Waals surface area contributed by atoms with Gasteiger partial charge in [-0.2, -0.15) is 0 Å². The minimum Gasteiger partial charge on any atom is -0.0654 e. The summed E-state index contributed by atoms with van der Waals surface area (Å²) in [6.07, 6.45) is 32.3. The maximum atomic E-state index is 2.68. The summed E-state index contributed by atoms with van der Waals surface area (Å²) in [6.45, 7) is 21.7.